The van der Waals surface area contributed by atoms with Crippen molar-refractivity contribution in [2.45, 2.75) is 118 Å². The van der Waals surface area contributed by atoms with Gasteiger partial charge in [0.25, 0.3) is 0 Å². The first kappa shape index (κ1) is 32.2. The molecule has 3 heterocycles. The van der Waals surface area contributed by atoms with Crippen LogP contribution < -0.4 is 0 Å². The van der Waals surface area contributed by atoms with E-state index in [2.05, 4.69) is 12.2 Å². The number of aliphatic hydroxyl groups is 1. The molecule has 8 heteroatoms. The summed E-state index contributed by atoms with van der Waals surface area (Å²) in [5.74, 6) is 0.829. The molecule has 5 atom stereocenters. The Morgan fingerprint density at radius 3 is 1.72 bits per heavy atom. The van der Waals surface area contributed by atoms with E-state index in [9.17, 15) is 14.7 Å². The number of carbonyl (C=O) groups excluding carboxylic acids is 2. The van der Waals surface area contributed by atoms with Crippen LogP contribution >= 0.6 is 0 Å². The van der Waals surface area contributed by atoms with E-state index in [-0.39, 0.29) is 56.7 Å². The zero-order valence-corrected chi connectivity index (χ0v) is 21.8. The van der Waals surface area contributed by atoms with E-state index >= 15 is 0 Å². The number of hydrogen-bond donors (Lipinski definition) is 1. The van der Waals surface area contributed by atoms with Gasteiger partial charge < -0.3 is 29.1 Å². The normalized spacial score (nSPS) is 29.4. The third-order valence-electron chi connectivity index (χ3n) is 6.57. The molecule has 5 aliphatic rings. The number of likely N-dealkylation sites (tertiary alicyclic amines) is 2. The van der Waals surface area contributed by atoms with Gasteiger partial charge in [0.1, 0.15) is 11.2 Å². The second-order valence-corrected chi connectivity index (χ2v) is 12.0. The Labute approximate surface area is 219 Å². The molecule has 3 saturated heterocycles. The maximum Gasteiger partial charge on any atom is 0.410 e. The zero-order valence-electron chi connectivity index (χ0n) is 21.8. The molecule has 2 aliphatic carbocycles. The summed E-state index contributed by atoms with van der Waals surface area (Å²) in [5.41, 5.74) is -0.819. The Balaban J connectivity index is 0.000000289. The fraction of sp³-hybridized carbons (Fsp3) is 0.857. The third kappa shape index (κ3) is 9.25. The highest BCUT2D eigenvalue weighted by atomic mass is 16.6. The zero-order chi connectivity index (χ0) is 25.1. The van der Waals surface area contributed by atoms with Gasteiger partial charge in [0, 0.05) is 38.3 Å². The number of aliphatic hydroxyl groups excluding tert-OH is 1. The maximum absolute atomic E-state index is 11.8. The average Bonchev–Trinajstić information content (AvgIpc) is 3.53. The minimum Gasteiger partial charge on any atom is -0.444 e. The molecule has 0 aromatic carbocycles. The molecule has 4 fully saturated rings. The van der Waals surface area contributed by atoms with Crippen molar-refractivity contribution >= 4 is 12.2 Å². The van der Waals surface area contributed by atoms with Crippen molar-refractivity contribution in [2.75, 3.05) is 26.3 Å². The van der Waals surface area contributed by atoms with Crippen molar-refractivity contribution in [3.63, 3.8) is 0 Å². The predicted octanol–water partition coefficient (Wildman–Crippen LogP) is 5.63. The second kappa shape index (κ2) is 13.1. The van der Waals surface area contributed by atoms with Gasteiger partial charge in [-0.25, -0.2) is 9.59 Å². The lowest BCUT2D eigenvalue weighted by molar-refractivity contribution is 0.00779. The monoisotopic (exact) mass is 512 g/mol. The van der Waals surface area contributed by atoms with E-state index in [4.69, 9.17) is 14.2 Å². The Hall–Kier alpha value is -1.80. The predicted molar refractivity (Wildman–Crippen MR) is 143 cm³/mol. The van der Waals surface area contributed by atoms with Crippen molar-refractivity contribution in [3.8, 4) is 0 Å². The Kier molecular flexibility index (Phi) is 11.8. The lowest BCUT2D eigenvalue weighted by Gasteiger charge is -2.31. The average molecular weight is 513 g/mol. The lowest BCUT2D eigenvalue weighted by atomic mass is 10.1. The van der Waals surface area contributed by atoms with Crippen molar-refractivity contribution in [1.82, 2.24) is 9.80 Å². The standard InChI is InChI=1S/C11H19NO3.C11H17NO2.C4H8O.2CH4/c1-11(2,3)15-10(14)12-6-7-4-8(12)5-9(7)13;1-11(2,3)14-10(13)12-7-8-4-5-9(12)6-8;1-2-4-5-3-1;;/h7-9,13H,4-6H2,1-3H3;4-5,8-9H,6-7H2,1-3H3;1-4H2;2*1H4/t7-,8-,9+;8-,9+;;;/m11.../s1. The highest BCUT2D eigenvalue weighted by Crippen LogP contribution is 2.38. The maximum atomic E-state index is 11.8. The van der Waals surface area contributed by atoms with E-state index in [1.165, 1.54) is 12.8 Å². The molecule has 0 aromatic heterocycles. The summed E-state index contributed by atoms with van der Waals surface area (Å²) in [6, 6.07) is 0.481. The van der Waals surface area contributed by atoms with E-state index < -0.39 is 5.60 Å². The molecular weight excluding hydrogens is 460 g/mol. The van der Waals surface area contributed by atoms with E-state index in [1.54, 1.807) is 4.90 Å². The van der Waals surface area contributed by atoms with Crippen molar-refractivity contribution in [3.05, 3.63) is 12.2 Å². The second-order valence-electron chi connectivity index (χ2n) is 12.0. The smallest absolute Gasteiger partial charge is 0.410 e. The molecule has 0 radical (unpaired) electrons. The summed E-state index contributed by atoms with van der Waals surface area (Å²) in [6.07, 6.45) is 8.97. The Bertz CT molecular complexity index is 728. The first-order valence-corrected chi connectivity index (χ1v) is 12.8. The van der Waals surface area contributed by atoms with Gasteiger partial charge in [-0.15, -0.1) is 0 Å². The Morgan fingerprint density at radius 2 is 1.39 bits per heavy atom. The fourth-order valence-electron chi connectivity index (χ4n) is 5.02. The van der Waals surface area contributed by atoms with E-state index in [1.807, 2.05) is 46.4 Å². The quantitative estimate of drug-likeness (QED) is 0.423. The molecular formula is C28H52N2O6. The first-order chi connectivity index (χ1) is 15.8. The number of nitrogens with zero attached hydrogens (tertiary/aromatic N) is 2. The van der Waals surface area contributed by atoms with Crippen LogP contribution in [0.4, 0.5) is 9.59 Å². The SMILES string of the molecule is C.C.C1CCOC1.CC(C)(C)OC(=O)N1C[C@@H]2C=C[C@H]1C2.CC(C)(C)OC(=O)N1C[C@H]2C[C@@H]1C[C@@H]2O. The molecule has 4 bridgehead atoms. The van der Waals surface area contributed by atoms with Crippen molar-refractivity contribution < 1.29 is 28.9 Å². The van der Waals surface area contributed by atoms with E-state index in [0.29, 0.717) is 18.9 Å². The number of carbonyl (C=O) groups is 2. The van der Waals surface area contributed by atoms with Crippen LogP contribution in [0.5, 0.6) is 0 Å². The summed E-state index contributed by atoms with van der Waals surface area (Å²) in [5, 5.41) is 9.57. The lowest BCUT2D eigenvalue weighted by Crippen LogP contribution is -2.44. The summed E-state index contributed by atoms with van der Waals surface area (Å²) >= 11 is 0. The van der Waals surface area contributed by atoms with Crippen LogP contribution in [-0.2, 0) is 14.2 Å². The number of ether oxygens (including phenoxy) is 3. The summed E-state index contributed by atoms with van der Waals surface area (Å²) in [6.45, 7) is 14.8. The molecule has 0 unspecified atom stereocenters. The summed E-state index contributed by atoms with van der Waals surface area (Å²) in [4.78, 5) is 27.1. The molecule has 0 aromatic rings. The largest absolute Gasteiger partial charge is 0.444 e. The highest BCUT2D eigenvalue weighted by Gasteiger charge is 2.47. The van der Waals surface area contributed by atoms with Crippen LogP contribution in [0.15, 0.2) is 12.2 Å². The van der Waals surface area contributed by atoms with Crippen molar-refractivity contribution in [1.29, 1.82) is 0 Å². The first-order valence-electron chi connectivity index (χ1n) is 12.8. The van der Waals surface area contributed by atoms with Crippen LogP contribution in [0.25, 0.3) is 0 Å². The molecule has 3 aliphatic heterocycles. The number of fused-ring (bicyclic) bond motifs is 4. The van der Waals surface area contributed by atoms with Crippen LogP contribution in [0.3, 0.4) is 0 Å². The fourth-order valence-corrected chi connectivity index (χ4v) is 5.02. The number of amides is 2. The van der Waals surface area contributed by atoms with Gasteiger partial charge in [0.15, 0.2) is 0 Å². The van der Waals surface area contributed by atoms with Crippen LogP contribution in [0.2, 0.25) is 0 Å². The molecule has 210 valence electrons. The third-order valence-corrected chi connectivity index (χ3v) is 6.57. The van der Waals surface area contributed by atoms with Crippen LogP contribution in [-0.4, -0.2) is 82.8 Å². The van der Waals surface area contributed by atoms with Crippen LogP contribution in [0, 0.1) is 11.8 Å². The molecule has 36 heavy (non-hydrogen) atoms. The molecule has 1 saturated carbocycles. The number of piperidine rings is 1. The molecule has 8 nitrogen and oxygen atoms in total. The van der Waals surface area contributed by atoms with E-state index in [0.717, 1.165) is 32.6 Å². The number of rotatable bonds is 0. The van der Waals surface area contributed by atoms with Gasteiger partial charge in [0.2, 0.25) is 0 Å². The van der Waals surface area contributed by atoms with Gasteiger partial charge in [-0.05, 0) is 79.6 Å². The van der Waals surface area contributed by atoms with Gasteiger partial charge >= 0.3 is 12.2 Å². The van der Waals surface area contributed by atoms with Crippen molar-refractivity contribution in [2.24, 2.45) is 11.8 Å². The highest BCUT2D eigenvalue weighted by molar-refractivity contribution is 5.70. The van der Waals surface area contributed by atoms with Gasteiger partial charge in [-0.1, -0.05) is 27.0 Å². The summed E-state index contributed by atoms with van der Waals surface area (Å²) < 4.78 is 15.6. The van der Waals surface area contributed by atoms with Gasteiger partial charge in [-0.3, -0.25) is 0 Å². The van der Waals surface area contributed by atoms with Gasteiger partial charge in [-0.2, -0.15) is 0 Å². The summed E-state index contributed by atoms with van der Waals surface area (Å²) in [7, 11) is 0. The molecule has 1 N–H and O–H groups in total. The number of hydrogen-bond acceptors (Lipinski definition) is 6. The Morgan fingerprint density at radius 1 is 0.833 bits per heavy atom. The molecule has 0 spiro atoms. The minimum atomic E-state index is -0.433. The van der Waals surface area contributed by atoms with Crippen LogP contribution in [0.1, 0.15) is 88.5 Å². The minimum absolute atomic E-state index is 0. The molecule has 5 rings (SSSR count). The molecule has 2 amide bonds. The van der Waals surface area contributed by atoms with Gasteiger partial charge in [0.05, 0.1) is 12.1 Å². The topological polar surface area (TPSA) is 88.5 Å².